The SMILES string of the molecule is CC1CCN(C(C)CC(N)=NO)CC1C. The predicted octanol–water partition coefficient (Wildman–Crippen LogP) is 1.49. The third-order valence-corrected chi connectivity index (χ3v) is 3.62. The summed E-state index contributed by atoms with van der Waals surface area (Å²) in [4.78, 5) is 2.43. The Morgan fingerprint density at radius 2 is 2.20 bits per heavy atom. The Kier molecular flexibility index (Phi) is 4.39. The first-order chi connectivity index (χ1) is 7.04. The van der Waals surface area contributed by atoms with E-state index in [9.17, 15) is 0 Å². The van der Waals surface area contributed by atoms with Crippen molar-refractivity contribution in [2.75, 3.05) is 13.1 Å². The lowest BCUT2D eigenvalue weighted by Gasteiger charge is -2.38. The van der Waals surface area contributed by atoms with Gasteiger partial charge in [0.1, 0.15) is 5.84 Å². The molecule has 0 bridgehead atoms. The van der Waals surface area contributed by atoms with Gasteiger partial charge in [0.25, 0.3) is 0 Å². The second-order valence-electron chi connectivity index (χ2n) is 4.88. The van der Waals surface area contributed by atoms with Crippen LogP contribution in [0.1, 0.15) is 33.6 Å². The first kappa shape index (κ1) is 12.3. The summed E-state index contributed by atoms with van der Waals surface area (Å²) in [5.74, 6) is 1.89. The maximum atomic E-state index is 8.52. The van der Waals surface area contributed by atoms with Crippen molar-refractivity contribution in [3.05, 3.63) is 0 Å². The molecule has 1 heterocycles. The molecule has 4 heteroatoms. The van der Waals surface area contributed by atoms with Crippen molar-refractivity contribution in [1.82, 2.24) is 4.90 Å². The molecule has 1 aliphatic heterocycles. The molecular formula is C11H23N3O. The quantitative estimate of drug-likeness (QED) is 0.323. The van der Waals surface area contributed by atoms with Crippen molar-refractivity contribution >= 4 is 5.84 Å². The number of nitrogens with two attached hydrogens (primary N) is 1. The smallest absolute Gasteiger partial charge is 0.140 e. The zero-order chi connectivity index (χ0) is 11.4. The van der Waals surface area contributed by atoms with Gasteiger partial charge >= 0.3 is 0 Å². The first-order valence-electron chi connectivity index (χ1n) is 5.75. The third-order valence-electron chi connectivity index (χ3n) is 3.62. The van der Waals surface area contributed by atoms with E-state index in [4.69, 9.17) is 10.9 Å². The van der Waals surface area contributed by atoms with Crippen LogP contribution in [0.3, 0.4) is 0 Å². The van der Waals surface area contributed by atoms with Crippen LogP contribution in [0.15, 0.2) is 5.16 Å². The molecule has 0 aromatic heterocycles. The minimum absolute atomic E-state index is 0.328. The molecule has 1 saturated heterocycles. The first-order valence-corrected chi connectivity index (χ1v) is 5.75. The Morgan fingerprint density at radius 1 is 1.53 bits per heavy atom. The Morgan fingerprint density at radius 3 is 2.73 bits per heavy atom. The summed E-state index contributed by atoms with van der Waals surface area (Å²) in [5.41, 5.74) is 5.52. The molecule has 0 amide bonds. The third kappa shape index (κ3) is 3.38. The van der Waals surface area contributed by atoms with E-state index >= 15 is 0 Å². The van der Waals surface area contributed by atoms with Crippen molar-refractivity contribution in [3.63, 3.8) is 0 Å². The standard InChI is InChI=1S/C11H23N3O/c1-8-4-5-14(7-9(8)2)10(3)6-11(12)13-15/h8-10,15H,4-7H2,1-3H3,(H2,12,13). The van der Waals surface area contributed by atoms with Gasteiger partial charge in [0.15, 0.2) is 0 Å². The highest BCUT2D eigenvalue weighted by molar-refractivity contribution is 5.80. The molecule has 3 unspecified atom stereocenters. The van der Waals surface area contributed by atoms with Gasteiger partial charge in [-0.15, -0.1) is 0 Å². The summed E-state index contributed by atoms with van der Waals surface area (Å²) in [6.45, 7) is 9.01. The van der Waals surface area contributed by atoms with Crippen LogP contribution in [0.2, 0.25) is 0 Å². The fraction of sp³-hybridized carbons (Fsp3) is 0.909. The number of oxime groups is 1. The van der Waals surface area contributed by atoms with Crippen molar-refractivity contribution in [2.24, 2.45) is 22.7 Å². The van der Waals surface area contributed by atoms with Gasteiger partial charge in [0, 0.05) is 19.0 Å². The summed E-state index contributed by atoms with van der Waals surface area (Å²) in [7, 11) is 0. The molecule has 4 nitrogen and oxygen atoms in total. The van der Waals surface area contributed by atoms with Gasteiger partial charge in [-0.3, -0.25) is 4.90 Å². The van der Waals surface area contributed by atoms with E-state index in [0.29, 0.717) is 18.3 Å². The Balaban J connectivity index is 2.44. The molecule has 15 heavy (non-hydrogen) atoms. The molecule has 0 saturated carbocycles. The lowest BCUT2D eigenvalue weighted by molar-refractivity contribution is 0.105. The average molecular weight is 213 g/mol. The lowest BCUT2D eigenvalue weighted by atomic mass is 9.88. The molecule has 1 aliphatic rings. The van der Waals surface area contributed by atoms with Crippen LogP contribution in [-0.2, 0) is 0 Å². The predicted molar refractivity (Wildman–Crippen MR) is 62.0 cm³/mol. The summed E-state index contributed by atoms with van der Waals surface area (Å²) in [6.07, 6.45) is 1.90. The van der Waals surface area contributed by atoms with Crippen LogP contribution < -0.4 is 5.73 Å². The van der Waals surface area contributed by atoms with Crippen LogP contribution >= 0.6 is 0 Å². The molecule has 0 aliphatic carbocycles. The van der Waals surface area contributed by atoms with E-state index in [0.717, 1.165) is 24.9 Å². The van der Waals surface area contributed by atoms with E-state index < -0.39 is 0 Å². The number of hydrogen-bond acceptors (Lipinski definition) is 3. The van der Waals surface area contributed by atoms with Crippen molar-refractivity contribution in [2.45, 2.75) is 39.7 Å². The minimum atomic E-state index is 0.328. The number of hydrogen-bond donors (Lipinski definition) is 2. The summed E-state index contributed by atoms with van der Waals surface area (Å²) >= 11 is 0. The van der Waals surface area contributed by atoms with Gasteiger partial charge in [-0.1, -0.05) is 19.0 Å². The topological polar surface area (TPSA) is 61.8 Å². The molecule has 0 aromatic carbocycles. The summed E-state index contributed by atoms with van der Waals surface area (Å²) < 4.78 is 0. The summed E-state index contributed by atoms with van der Waals surface area (Å²) in [5, 5.41) is 11.5. The lowest BCUT2D eigenvalue weighted by Crippen LogP contribution is -2.44. The molecule has 0 aromatic rings. The normalized spacial score (nSPS) is 31.5. The minimum Gasteiger partial charge on any atom is -0.409 e. The largest absolute Gasteiger partial charge is 0.409 e. The van der Waals surface area contributed by atoms with Crippen LogP contribution in [0.25, 0.3) is 0 Å². The molecule has 3 atom stereocenters. The van der Waals surface area contributed by atoms with Gasteiger partial charge in [0.05, 0.1) is 0 Å². The zero-order valence-electron chi connectivity index (χ0n) is 9.98. The zero-order valence-corrected chi connectivity index (χ0v) is 9.98. The van der Waals surface area contributed by atoms with Gasteiger partial charge < -0.3 is 10.9 Å². The molecule has 88 valence electrons. The monoisotopic (exact) mass is 213 g/mol. The Hall–Kier alpha value is -0.770. The molecule has 0 radical (unpaired) electrons. The second-order valence-corrected chi connectivity index (χ2v) is 4.88. The Labute approximate surface area is 92.1 Å². The fourth-order valence-corrected chi connectivity index (χ4v) is 2.17. The van der Waals surface area contributed by atoms with Crippen LogP contribution in [0.5, 0.6) is 0 Å². The average Bonchev–Trinajstić information content (AvgIpc) is 2.21. The maximum absolute atomic E-state index is 8.52. The van der Waals surface area contributed by atoms with Crippen LogP contribution in [-0.4, -0.2) is 35.1 Å². The molecular weight excluding hydrogens is 190 g/mol. The van der Waals surface area contributed by atoms with Gasteiger partial charge in [-0.05, 0) is 31.7 Å². The van der Waals surface area contributed by atoms with Crippen LogP contribution in [0.4, 0.5) is 0 Å². The summed E-state index contributed by atoms with van der Waals surface area (Å²) in [6, 6.07) is 0.371. The van der Waals surface area contributed by atoms with Gasteiger partial charge in [-0.2, -0.15) is 0 Å². The van der Waals surface area contributed by atoms with Gasteiger partial charge in [-0.25, -0.2) is 0 Å². The molecule has 1 fully saturated rings. The number of rotatable bonds is 3. The Bertz CT molecular complexity index is 230. The number of amidine groups is 1. The van der Waals surface area contributed by atoms with Gasteiger partial charge in [0.2, 0.25) is 0 Å². The second kappa shape index (κ2) is 5.35. The van der Waals surface area contributed by atoms with E-state index in [-0.39, 0.29) is 0 Å². The van der Waals surface area contributed by atoms with E-state index in [1.807, 2.05) is 0 Å². The highest BCUT2D eigenvalue weighted by Crippen LogP contribution is 2.24. The fourth-order valence-electron chi connectivity index (χ4n) is 2.17. The molecule has 1 rings (SSSR count). The number of nitrogens with zero attached hydrogens (tertiary/aromatic N) is 2. The van der Waals surface area contributed by atoms with E-state index in [1.165, 1.54) is 6.42 Å². The van der Waals surface area contributed by atoms with Crippen molar-refractivity contribution in [1.29, 1.82) is 0 Å². The van der Waals surface area contributed by atoms with E-state index in [2.05, 4.69) is 30.8 Å². The highest BCUT2D eigenvalue weighted by Gasteiger charge is 2.25. The van der Waals surface area contributed by atoms with Crippen LogP contribution in [0, 0.1) is 11.8 Å². The van der Waals surface area contributed by atoms with Crippen molar-refractivity contribution < 1.29 is 5.21 Å². The number of likely N-dealkylation sites (tertiary alicyclic amines) is 1. The molecule has 3 N–H and O–H groups in total. The highest BCUT2D eigenvalue weighted by atomic mass is 16.4. The molecule has 0 spiro atoms. The van der Waals surface area contributed by atoms with E-state index in [1.54, 1.807) is 0 Å². The van der Waals surface area contributed by atoms with Crippen molar-refractivity contribution in [3.8, 4) is 0 Å². The maximum Gasteiger partial charge on any atom is 0.140 e. The number of piperidine rings is 1.